The zero-order chi connectivity index (χ0) is 22.6. The van der Waals surface area contributed by atoms with Crippen molar-refractivity contribution in [2.24, 2.45) is 0 Å². The first kappa shape index (κ1) is 27.4. The molecule has 2 aliphatic heterocycles. The average Bonchev–Trinajstić information content (AvgIpc) is 2.82. The van der Waals surface area contributed by atoms with E-state index in [0.29, 0.717) is 27.8 Å². The smallest absolute Gasteiger partial charge is 0.170 e. The predicted molar refractivity (Wildman–Crippen MR) is 151 cm³/mol. The average molecular weight is 555 g/mol. The largest absolute Gasteiger partial charge is 0.491 e. The van der Waals surface area contributed by atoms with E-state index >= 15 is 0 Å². The van der Waals surface area contributed by atoms with Gasteiger partial charge in [-0.1, -0.05) is 6.07 Å². The van der Waals surface area contributed by atoms with E-state index in [-0.39, 0.29) is 12.0 Å². The lowest BCUT2D eigenvalue weighted by atomic mass is 10.3. The van der Waals surface area contributed by atoms with Crippen molar-refractivity contribution in [3.63, 3.8) is 0 Å². The normalized spacial score (nSPS) is 24.5. The molecule has 2 saturated heterocycles. The lowest BCUT2D eigenvalue weighted by molar-refractivity contribution is 0.101. The van der Waals surface area contributed by atoms with Gasteiger partial charge in [-0.05, 0) is 19.1 Å². The van der Waals surface area contributed by atoms with Gasteiger partial charge in [-0.2, -0.15) is 58.8 Å². The molecule has 0 saturated carbocycles. The van der Waals surface area contributed by atoms with Crippen LogP contribution >= 0.6 is 70.6 Å². The highest BCUT2D eigenvalue weighted by atomic mass is 32.2. The third-order valence-electron chi connectivity index (χ3n) is 4.72. The minimum absolute atomic E-state index is 0.272. The van der Waals surface area contributed by atoms with Gasteiger partial charge in [-0.3, -0.25) is 0 Å². The number of aliphatic hydroxyl groups excluding tert-OH is 2. The molecule has 0 aliphatic carbocycles. The fourth-order valence-corrected chi connectivity index (χ4v) is 11.4. The van der Waals surface area contributed by atoms with E-state index in [9.17, 15) is 10.2 Å². The molecule has 5 unspecified atom stereocenters. The second-order valence-corrected chi connectivity index (χ2v) is 15.0. The van der Waals surface area contributed by atoms with Crippen LogP contribution in [-0.4, -0.2) is 96.7 Å². The highest BCUT2D eigenvalue weighted by molar-refractivity contribution is 8.08. The second kappa shape index (κ2) is 15.8. The van der Waals surface area contributed by atoms with Crippen LogP contribution in [0.2, 0.25) is 0 Å². The van der Waals surface area contributed by atoms with E-state index in [2.05, 4.69) is 11.8 Å². The molecule has 1 aromatic rings. The predicted octanol–water partition coefficient (Wildman–Crippen LogP) is 4.68. The Morgan fingerprint density at radius 2 is 1.69 bits per heavy atom. The highest BCUT2D eigenvalue weighted by Crippen LogP contribution is 2.31. The topological polar surface area (TPSA) is 58.9 Å². The molecule has 0 amide bonds. The van der Waals surface area contributed by atoms with Crippen molar-refractivity contribution >= 4 is 70.6 Å². The maximum atomic E-state index is 10.3. The lowest BCUT2D eigenvalue weighted by Crippen LogP contribution is -2.28. The molecule has 32 heavy (non-hydrogen) atoms. The van der Waals surface area contributed by atoms with Crippen molar-refractivity contribution in [2.75, 3.05) is 58.4 Å². The number of benzene rings is 1. The van der Waals surface area contributed by atoms with E-state index in [4.69, 9.17) is 9.47 Å². The number of thioether (sulfide) groups is 6. The Hall–Kier alpha value is 0.840. The number of hydrogen-bond donors (Lipinski definition) is 2. The summed E-state index contributed by atoms with van der Waals surface area (Å²) in [5, 5.41) is 21.8. The monoisotopic (exact) mass is 554 g/mol. The molecule has 2 aliphatic rings. The molecule has 2 fully saturated rings. The van der Waals surface area contributed by atoms with Gasteiger partial charge >= 0.3 is 0 Å². The quantitative estimate of drug-likeness (QED) is 0.336. The molecule has 1 aromatic carbocycles. The first-order chi connectivity index (χ1) is 15.6. The first-order valence-corrected chi connectivity index (χ1v) is 17.5. The van der Waals surface area contributed by atoms with Gasteiger partial charge in [0.1, 0.15) is 18.1 Å². The highest BCUT2D eigenvalue weighted by Gasteiger charge is 2.22. The Labute approximate surface area is 218 Å². The summed E-state index contributed by atoms with van der Waals surface area (Å²) in [4.78, 5) is 0. The summed E-state index contributed by atoms with van der Waals surface area (Å²) in [7, 11) is 0. The van der Waals surface area contributed by atoms with E-state index in [1.807, 2.05) is 71.3 Å². The van der Waals surface area contributed by atoms with E-state index in [0.717, 1.165) is 11.5 Å². The first-order valence-electron chi connectivity index (χ1n) is 10.9. The van der Waals surface area contributed by atoms with Crippen LogP contribution in [0.5, 0.6) is 11.5 Å². The Morgan fingerprint density at radius 1 is 1.00 bits per heavy atom. The van der Waals surface area contributed by atoms with Gasteiger partial charge in [-0.15, -0.1) is 11.8 Å². The van der Waals surface area contributed by atoms with Crippen molar-refractivity contribution in [3.8, 4) is 11.5 Å². The van der Waals surface area contributed by atoms with Crippen LogP contribution in [0.3, 0.4) is 0 Å². The van der Waals surface area contributed by atoms with Crippen LogP contribution in [0.4, 0.5) is 0 Å². The standard InChI is InChI=1S/C22H34O4S6/c1-16(23)22(32-15-21-13-28-6-8-31-21)26-19-4-2-3-18(9-19)25-10-17(24)11-29-14-20-12-27-5-7-30-20/h2-4,9,16-17,20-24H,5-8,10-15H2,1H3. The third kappa shape index (κ3) is 10.6. The fourth-order valence-electron chi connectivity index (χ4n) is 3.09. The fraction of sp³-hybridized carbons (Fsp3) is 0.727. The number of ether oxygens (including phenoxy) is 2. The summed E-state index contributed by atoms with van der Waals surface area (Å²) < 4.78 is 11.9. The maximum absolute atomic E-state index is 10.3. The van der Waals surface area contributed by atoms with Crippen molar-refractivity contribution in [1.82, 2.24) is 0 Å². The summed E-state index contributed by atoms with van der Waals surface area (Å²) in [5.41, 5.74) is -0.310. The van der Waals surface area contributed by atoms with Crippen LogP contribution in [0.25, 0.3) is 0 Å². The molecule has 0 radical (unpaired) electrons. The summed E-state index contributed by atoms with van der Waals surface area (Å²) in [6, 6.07) is 7.50. The number of rotatable bonds is 13. The lowest BCUT2D eigenvalue weighted by Gasteiger charge is -2.25. The molecule has 0 aromatic heterocycles. The van der Waals surface area contributed by atoms with Crippen molar-refractivity contribution < 1.29 is 19.7 Å². The summed E-state index contributed by atoms with van der Waals surface area (Å²) >= 11 is 11.6. The van der Waals surface area contributed by atoms with Gasteiger partial charge in [-0.25, -0.2) is 0 Å². The molecule has 10 heteroatoms. The van der Waals surface area contributed by atoms with Crippen LogP contribution in [0.1, 0.15) is 6.92 Å². The van der Waals surface area contributed by atoms with E-state index in [1.54, 1.807) is 18.7 Å². The van der Waals surface area contributed by atoms with Crippen LogP contribution in [0, 0.1) is 0 Å². The summed E-state index contributed by atoms with van der Waals surface area (Å²) in [6.45, 7) is 2.05. The Morgan fingerprint density at radius 3 is 2.34 bits per heavy atom. The molecule has 0 bridgehead atoms. The Balaban J connectivity index is 1.38. The molecule has 182 valence electrons. The van der Waals surface area contributed by atoms with Crippen LogP contribution in [-0.2, 0) is 0 Å². The van der Waals surface area contributed by atoms with Crippen molar-refractivity contribution in [2.45, 2.75) is 35.1 Å². The second-order valence-electron chi connectivity index (χ2n) is 7.67. The molecule has 2 N–H and O–H groups in total. The molecular formula is C22H34O4S6. The van der Waals surface area contributed by atoms with Gasteiger partial charge in [0, 0.05) is 68.3 Å². The third-order valence-corrected chi connectivity index (χ3v) is 13.5. The van der Waals surface area contributed by atoms with Gasteiger partial charge in [0.15, 0.2) is 5.44 Å². The maximum Gasteiger partial charge on any atom is 0.170 e. The van der Waals surface area contributed by atoms with Gasteiger partial charge in [0.05, 0.1) is 12.2 Å². The molecule has 0 spiro atoms. The van der Waals surface area contributed by atoms with Gasteiger partial charge in [0.2, 0.25) is 0 Å². The van der Waals surface area contributed by atoms with Crippen LogP contribution < -0.4 is 9.47 Å². The van der Waals surface area contributed by atoms with Crippen LogP contribution in [0.15, 0.2) is 24.3 Å². The minimum Gasteiger partial charge on any atom is -0.491 e. The van der Waals surface area contributed by atoms with Gasteiger partial charge in [0.25, 0.3) is 0 Å². The van der Waals surface area contributed by atoms with Gasteiger partial charge < -0.3 is 19.7 Å². The van der Waals surface area contributed by atoms with E-state index < -0.39 is 12.2 Å². The summed E-state index contributed by atoms with van der Waals surface area (Å²) in [6.07, 6.45) is -1.05. The summed E-state index contributed by atoms with van der Waals surface area (Å²) in [5.74, 6) is 11.5. The molecular weight excluding hydrogens is 521 g/mol. The zero-order valence-electron chi connectivity index (χ0n) is 18.4. The SMILES string of the molecule is CC(O)C(Oc1cccc(OCC(O)CSCC2CSCCS2)c1)SCC1CSCCS1. The zero-order valence-corrected chi connectivity index (χ0v) is 23.3. The molecule has 2 heterocycles. The van der Waals surface area contributed by atoms with E-state index in [1.165, 1.54) is 34.5 Å². The molecule has 3 rings (SSSR count). The molecule has 4 nitrogen and oxygen atoms in total. The van der Waals surface area contributed by atoms with Crippen molar-refractivity contribution in [3.05, 3.63) is 24.3 Å². The Bertz CT molecular complexity index is 641. The van der Waals surface area contributed by atoms with Crippen molar-refractivity contribution in [1.29, 1.82) is 0 Å². The minimum atomic E-state index is -0.564. The Kier molecular flexibility index (Phi) is 13.5. The number of hydrogen-bond acceptors (Lipinski definition) is 10. The number of aliphatic hydroxyl groups is 2. The molecule has 5 atom stereocenters.